The van der Waals surface area contributed by atoms with E-state index in [0.717, 1.165) is 18.6 Å². The Morgan fingerprint density at radius 2 is 2.04 bits per heavy atom. The lowest BCUT2D eigenvalue weighted by molar-refractivity contribution is -0.115. The van der Waals surface area contributed by atoms with Gasteiger partial charge in [-0.1, -0.05) is 6.92 Å². The van der Waals surface area contributed by atoms with Gasteiger partial charge in [-0.25, -0.2) is 13.5 Å². The predicted octanol–water partition coefficient (Wildman–Crippen LogP) is 4.25. The van der Waals surface area contributed by atoms with Gasteiger partial charge >= 0.3 is 0 Å². The second kappa shape index (κ2) is 7.59. The first-order valence-electron chi connectivity index (χ1n) is 7.38. The van der Waals surface area contributed by atoms with Crippen molar-refractivity contribution in [3.63, 3.8) is 0 Å². The van der Waals surface area contributed by atoms with Crippen LogP contribution in [0.1, 0.15) is 33.2 Å². The van der Waals surface area contributed by atoms with Crippen LogP contribution in [0.3, 0.4) is 0 Å². The molecule has 1 N–H and O–H groups in total. The molecular formula is C16H19F2N3OS. The van der Waals surface area contributed by atoms with Gasteiger partial charge in [-0.3, -0.25) is 4.79 Å². The second-order valence-electron chi connectivity index (χ2n) is 5.24. The number of hydrogen-bond acceptors (Lipinski definition) is 3. The molecule has 0 fully saturated rings. The van der Waals surface area contributed by atoms with Crippen molar-refractivity contribution in [1.29, 1.82) is 0 Å². The average Bonchev–Trinajstić information content (AvgIpc) is 2.98. The Kier molecular flexibility index (Phi) is 5.76. The van der Waals surface area contributed by atoms with Crippen molar-refractivity contribution in [2.24, 2.45) is 0 Å². The predicted molar refractivity (Wildman–Crippen MR) is 87.5 cm³/mol. The molecule has 0 saturated carbocycles. The monoisotopic (exact) mass is 339 g/mol. The fraction of sp³-hybridized carbons (Fsp3) is 0.375. The van der Waals surface area contributed by atoms with E-state index in [9.17, 15) is 13.6 Å². The summed E-state index contributed by atoms with van der Waals surface area (Å²) in [4.78, 5) is 12.8. The molecule has 1 amide bonds. The summed E-state index contributed by atoms with van der Waals surface area (Å²) in [6, 6.07) is 5.51. The topological polar surface area (TPSA) is 46.9 Å². The van der Waals surface area contributed by atoms with E-state index in [1.807, 2.05) is 13.8 Å². The molecule has 0 aliphatic rings. The highest BCUT2D eigenvalue weighted by molar-refractivity contribution is 8.00. The summed E-state index contributed by atoms with van der Waals surface area (Å²) in [7, 11) is 0. The van der Waals surface area contributed by atoms with Crippen molar-refractivity contribution in [1.82, 2.24) is 9.78 Å². The molecule has 0 saturated heterocycles. The minimum absolute atomic E-state index is 0.175. The molecule has 2 rings (SSSR count). The minimum Gasteiger partial charge on any atom is -0.310 e. The summed E-state index contributed by atoms with van der Waals surface area (Å²) in [6.07, 6.45) is 2.53. The SMILES string of the molecule is CC[C@@H](C)n1nccc1NC(=O)[C@H](C)Sc1ccc(F)c(F)c1. The lowest BCUT2D eigenvalue weighted by Gasteiger charge is -2.16. The molecular weight excluding hydrogens is 320 g/mol. The zero-order valence-electron chi connectivity index (χ0n) is 13.2. The molecule has 7 heteroatoms. The van der Waals surface area contributed by atoms with Crippen LogP contribution in [0, 0.1) is 11.6 Å². The smallest absolute Gasteiger partial charge is 0.238 e. The normalized spacial score (nSPS) is 13.6. The molecule has 23 heavy (non-hydrogen) atoms. The molecule has 0 aliphatic heterocycles. The van der Waals surface area contributed by atoms with E-state index in [1.54, 1.807) is 23.9 Å². The van der Waals surface area contributed by atoms with Crippen LogP contribution in [0.25, 0.3) is 0 Å². The zero-order valence-corrected chi connectivity index (χ0v) is 14.0. The third kappa shape index (κ3) is 4.31. The number of benzene rings is 1. The molecule has 2 aromatic rings. The Hall–Kier alpha value is -1.89. The Morgan fingerprint density at radius 3 is 2.70 bits per heavy atom. The zero-order chi connectivity index (χ0) is 17.0. The van der Waals surface area contributed by atoms with Crippen molar-refractivity contribution in [3.05, 3.63) is 42.1 Å². The molecule has 2 atom stereocenters. The van der Waals surface area contributed by atoms with Crippen LogP contribution in [0.5, 0.6) is 0 Å². The van der Waals surface area contributed by atoms with Crippen molar-refractivity contribution in [3.8, 4) is 0 Å². The number of halogens is 2. The van der Waals surface area contributed by atoms with E-state index in [4.69, 9.17) is 0 Å². The Balaban J connectivity index is 2.03. The van der Waals surface area contributed by atoms with Crippen LogP contribution in [-0.2, 0) is 4.79 Å². The average molecular weight is 339 g/mol. The van der Waals surface area contributed by atoms with Gasteiger partial charge in [-0.2, -0.15) is 5.10 Å². The van der Waals surface area contributed by atoms with Gasteiger partial charge in [-0.05, 0) is 38.5 Å². The van der Waals surface area contributed by atoms with Crippen molar-refractivity contribution in [2.75, 3.05) is 5.32 Å². The van der Waals surface area contributed by atoms with Crippen LogP contribution in [-0.4, -0.2) is 20.9 Å². The van der Waals surface area contributed by atoms with Gasteiger partial charge in [0.1, 0.15) is 5.82 Å². The largest absolute Gasteiger partial charge is 0.310 e. The fourth-order valence-corrected chi connectivity index (χ4v) is 2.87. The number of amides is 1. The second-order valence-corrected chi connectivity index (χ2v) is 6.66. The maximum Gasteiger partial charge on any atom is 0.238 e. The van der Waals surface area contributed by atoms with Gasteiger partial charge in [0.05, 0.1) is 17.5 Å². The first-order chi connectivity index (χ1) is 10.9. The number of carbonyl (C=O) groups is 1. The third-order valence-electron chi connectivity index (χ3n) is 3.50. The Bertz CT molecular complexity index is 690. The standard InChI is InChI=1S/C16H19F2N3OS/c1-4-10(2)21-15(7-8-19-21)20-16(22)11(3)23-12-5-6-13(17)14(18)9-12/h5-11H,4H2,1-3H3,(H,20,22)/t10-,11+/m1/s1. The molecule has 0 radical (unpaired) electrons. The summed E-state index contributed by atoms with van der Waals surface area (Å²) >= 11 is 1.17. The Labute approximate surface area is 138 Å². The van der Waals surface area contributed by atoms with Crippen LogP contribution in [0.15, 0.2) is 35.4 Å². The number of hydrogen-bond donors (Lipinski definition) is 1. The first-order valence-corrected chi connectivity index (χ1v) is 8.26. The van der Waals surface area contributed by atoms with E-state index in [1.165, 1.54) is 17.8 Å². The number of nitrogens with one attached hydrogen (secondary N) is 1. The van der Waals surface area contributed by atoms with Gasteiger partial charge in [0.25, 0.3) is 0 Å². The van der Waals surface area contributed by atoms with Gasteiger partial charge in [0.2, 0.25) is 5.91 Å². The summed E-state index contributed by atoms with van der Waals surface area (Å²) in [5.74, 6) is -1.41. The minimum atomic E-state index is -0.919. The highest BCUT2D eigenvalue weighted by atomic mass is 32.2. The third-order valence-corrected chi connectivity index (χ3v) is 4.60. The van der Waals surface area contributed by atoms with Crippen LogP contribution in [0.4, 0.5) is 14.6 Å². The highest BCUT2D eigenvalue weighted by Gasteiger charge is 2.18. The molecule has 124 valence electrons. The Morgan fingerprint density at radius 1 is 1.30 bits per heavy atom. The van der Waals surface area contributed by atoms with Crippen molar-refractivity contribution >= 4 is 23.5 Å². The molecule has 0 unspecified atom stereocenters. The quantitative estimate of drug-likeness (QED) is 0.800. The van der Waals surface area contributed by atoms with E-state index < -0.39 is 16.9 Å². The molecule has 0 bridgehead atoms. The summed E-state index contributed by atoms with van der Waals surface area (Å²) < 4.78 is 27.9. The fourth-order valence-electron chi connectivity index (χ4n) is 1.97. The number of carbonyl (C=O) groups excluding carboxylic acids is 1. The van der Waals surface area contributed by atoms with Gasteiger partial charge in [0, 0.05) is 11.0 Å². The molecule has 0 spiro atoms. The maximum atomic E-state index is 13.2. The van der Waals surface area contributed by atoms with Crippen molar-refractivity contribution < 1.29 is 13.6 Å². The van der Waals surface area contributed by atoms with Crippen LogP contribution < -0.4 is 5.32 Å². The summed E-state index contributed by atoms with van der Waals surface area (Å²) in [5.41, 5.74) is 0. The van der Waals surface area contributed by atoms with E-state index >= 15 is 0 Å². The number of anilines is 1. The number of aromatic nitrogens is 2. The molecule has 4 nitrogen and oxygen atoms in total. The number of nitrogens with zero attached hydrogens (tertiary/aromatic N) is 2. The van der Waals surface area contributed by atoms with Gasteiger partial charge in [-0.15, -0.1) is 11.8 Å². The van der Waals surface area contributed by atoms with E-state index in [-0.39, 0.29) is 11.9 Å². The van der Waals surface area contributed by atoms with Gasteiger partial charge < -0.3 is 5.32 Å². The maximum absolute atomic E-state index is 13.2. The van der Waals surface area contributed by atoms with Gasteiger partial charge in [0.15, 0.2) is 11.6 Å². The molecule has 1 heterocycles. The first kappa shape index (κ1) is 17.5. The molecule has 0 aliphatic carbocycles. The van der Waals surface area contributed by atoms with Crippen molar-refractivity contribution in [2.45, 2.75) is 43.4 Å². The van der Waals surface area contributed by atoms with E-state index in [0.29, 0.717) is 10.7 Å². The number of thioether (sulfide) groups is 1. The molecule has 1 aromatic heterocycles. The van der Waals surface area contributed by atoms with E-state index in [2.05, 4.69) is 10.4 Å². The molecule has 1 aromatic carbocycles. The van der Waals surface area contributed by atoms with Crippen LogP contribution in [0.2, 0.25) is 0 Å². The number of rotatable bonds is 6. The lowest BCUT2D eigenvalue weighted by Crippen LogP contribution is -2.24. The van der Waals surface area contributed by atoms with Crippen LogP contribution >= 0.6 is 11.8 Å². The summed E-state index contributed by atoms with van der Waals surface area (Å²) in [6.45, 7) is 5.77. The highest BCUT2D eigenvalue weighted by Crippen LogP contribution is 2.26. The lowest BCUT2D eigenvalue weighted by atomic mass is 10.3. The summed E-state index contributed by atoms with van der Waals surface area (Å²) in [5, 5.41) is 6.57.